The Kier molecular flexibility index (Phi) is 6.19. The summed E-state index contributed by atoms with van der Waals surface area (Å²) in [4.78, 5) is 23.7. The number of halogens is 1. The number of rotatable bonds is 6. The maximum Gasteiger partial charge on any atom is 0.265 e. The number of ketones is 1. The van der Waals surface area contributed by atoms with E-state index in [1.807, 2.05) is 24.3 Å². The maximum absolute atomic E-state index is 12.3. The Hall–Kier alpha value is -2.09. The molecule has 0 saturated heterocycles. The second-order valence-electron chi connectivity index (χ2n) is 5.18. The van der Waals surface area contributed by atoms with Gasteiger partial charge < -0.3 is 14.8 Å². The molecule has 2 aromatic rings. The molecule has 0 aliphatic heterocycles. The Morgan fingerprint density at radius 2 is 1.88 bits per heavy atom. The number of ether oxygens (including phenoxy) is 2. The molecular weight excluding hydrogens is 421 g/mol. The number of carbonyl (C=O) groups is 2. The Morgan fingerprint density at radius 3 is 2.50 bits per heavy atom. The molecule has 0 radical (unpaired) electrons. The molecule has 0 aliphatic carbocycles. The second kappa shape index (κ2) is 8.14. The number of hydrogen-bond acceptors (Lipinski definition) is 4. The molecule has 2 aromatic carbocycles. The highest BCUT2D eigenvalue weighted by Crippen LogP contribution is 2.29. The first-order valence-corrected chi connectivity index (χ1v) is 8.40. The molecule has 6 heteroatoms. The first-order chi connectivity index (χ1) is 11.4. The minimum Gasteiger partial charge on any atom is -0.493 e. The predicted molar refractivity (Wildman–Crippen MR) is 101 cm³/mol. The van der Waals surface area contributed by atoms with E-state index in [9.17, 15) is 9.59 Å². The molecule has 24 heavy (non-hydrogen) atoms. The van der Waals surface area contributed by atoms with Crippen LogP contribution in [0, 0.1) is 3.57 Å². The topological polar surface area (TPSA) is 64.6 Å². The van der Waals surface area contributed by atoms with Gasteiger partial charge in [0.2, 0.25) is 0 Å². The van der Waals surface area contributed by atoms with Gasteiger partial charge in [0.1, 0.15) is 0 Å². The third kappa shape index (κ3) is 4.70. The largest absolute Gasteiger partial charge is 0.493 e. The molecule has 0 spiro atoms. The summed E-state index contributed by atoms with van der Waals surface area (Å²) in [6, 6.07) is 12.4. The smallest absolute Gasteiger partial charge is 0.265 e. The van der Waals surface area contributed by atoms with E-state index in [0.717, 1.165) is 3.57 Å². The lowest BCUT2D eigenvalue weighted by Crippen LogP contribution is -2.30. The summed E-state index contributed by atoms with van der Waals surface area (Å²) in [6.07, 6.45) is -0.722. The fourth-order valence-electron chi connectivity index (χ4n) is 2.04. The van der Waals surface area contributed by atoms with Crippen molar-refractivity contribution in [2.75, 3.05) is 12.4 Å². The molecule has 1 N–H and O–H groups in total. The van der Waals surface area contributed by atoms with E-state index in [1.54, 1.807) is 25.1 Å². The molecule has 126 valence electrons. The first kappa shape index (κ1) is 18.3. The van der Waals surface area contributed by atoms with Crippen molar-refractivity contribution >= 4 is 40.0 Å². The van der Waals surface area contributed by atoms with Crippen LogP contribution in [0.4, 0.5) is 5.69 Å². The van der Waals surface area contributed by atoms with Gasteiger partial charge in [-0.3, -0.25) is 9.59 Å². The van der Waals surface area contributed by atoms with Crippen molar-refractivity contribution in [2.45, 2.75) is 20.0 Å². The highest BCUT2D eigenvalue weighted by molar-refractivity contribution is 14.1. The normalized spacial score (nSPS) is 11.5. The standard InChI is InChI=1S/C18H18INO4/c1-11(21)13-7-8-16(17(9-13)23-3)24-12(2)18(22)20-15-6-4-5-14(19)10-15/h4-10,12H,1-3H3,(H,20,22)/t12-/m0/s1. The summed E-state index contributed by atoms with van der Waals surface area (Å²) >= 11 is 2.18. The maximum atomic E-state index is 12.3. The Labute approximate surface area is 154 Å². The number of anilines is 1. The Balaban J connectivity index is 2.09. The van der Waals surface area contributed by atoms with Crippen molar-refractivity contribution < 1.29 is 19.1 Å². The van der Waals surface area contributed by atoms with Crippen LogP contribution in [0.25, 0.3) is 0 Å². The summed E-state index contributed by atoms with van der Waals surface area (Å²) in [5.41, 5.74) is 1.23. The summed E-state index contributed by atoms with van der Waals surface area (Å²) in [6.45, 7) is 3.13. The van der Waals surface area contributed by atoms with Crippen molar-refractivity contribution in [3.05, 3.63) is 51.6 Å². The number of benzene rings is 2. The first-order valence-electron chi connectivity index (χ1n) is 7.32. The van der Waals surface area contributed by atoms with Crippen LogP contribution in [0.15, 0.2) is 42.5 Å². The molecule has 0 saturated carbocycles. The zero-order valence-corrected chi connectivity index (χ0v) is 15.8. The lowest BCUT2D eigenvalue weighted by molar-refractivity contribution is -0.122. The van der Waals surface area contributed by atoms with Crippen LogP contribution in [0.3, 0.4) is 0 Å². The van der Waals surface area contributed by atoms with Gasteiger partial charge in [-0.1, -0.05) is 6.07 Å². The number of methoxy groups -OCH3 is 1. The zero-order valence-electron chi connectivity index (χ0n) is 13.6. The fraction of sp³-hybridized carbons (Fsp3) is 0.222. The van der Waals surface area contributed by atoms with E-state index in [1.165, 1.54) is 14.0 Å². The Bertz CT molecular complexity index is 760. The molecule has 1 atom stereocenters. The third-order valence-corrected chi connectivity index (χ3v) is 4.01. The van der Waals surface area contributed by atoms with E-state index in [2.05, 4.69) is 27.9 Å². The number of Topliss-reactive ketones (excluding diaryl/α,β-unsaturated/α-hetero) is 1. The fourth-order valence-corrected chi connectivity index (χ4v) is 2.58. The van der Waals surface area contributed by atoms with Crippen molar-refractivity contribution in [3.63, 3.8) is 0 Å². The van der Waals surface area contributed by atoms with Gasteiger partial charge in [-0.15, -0.1) is 0 Å². The quantitative estimate of drug-likeness (QED) is 0.548. The molecule has 0 bridgehead atoms. The molecule has 0 heterocycles. The van der Waals surface area contributed by atoms with Crippen LogP contribution >= 0.6 is 22.6 Å². The van der Waals surface area contributed by atoms with Crippen LogP contribution in [0.2, 0.25) is 0 Å². The number of nitrogens with one attached hydrogen (secondary N) is 1. The molecule has 0 aromatic heterocycles. The van der Waals surface area contributed by atoms with Crippen LogP contribution < -0.4 is 14.8 Å². The van der Waals surface area contributed by atoms with Gasteiger partial charge in [-0.2, -0.15) is 0 Å². The monoisotopic (exact) mass is 439 g/mol. The van der Waals surface area contributed by atoms with Crippen LogP contribution in [0.5, 0.6) is 11.5 Å². The SMILES string of the molecule is COc1cc(C(C)=O)ccc1O[C@@H](C)C(=O)Nc1cccc(I)c1. The van der Waals surface area contributed by atoms with Crippen molar-refractivity contribution in [2.24, 2.45) is 0 Å². The lowest BCUT2D eigenvalue weighted by atomic mass is 10.1. The van der Waals surface area contributed by atoms with Crippen LogP contribution in [-0.2, 0) is 4.79 Å². The average Bonchev–Trinajstić information content (AvgIpc) is 2.54. The molecular formula is C18H18INO4. The van der Waals surface area contributed by atoms with Crippen LogP contribution in [-0.4, -0.2) is 24.9 Å². The predicted octanol–water partition coefficient (Wildman–Crippen LogP) is 3.91. The van der Waals surface area contributed by atoms with Crippen molar-refractivity contribution in [3.8, 4) is 11.5 Å². The zero-order chi connectivity index (χ0) is 17.7. The van der Waals surface area contributed by atoms with Gasteiger partial charge in [-0.05, 0) is 72.8 Å². The molecule has 0 fully saturated rings. The molecule has 5 nitrogen and oxygen atoms in total. The van der Waals surface area contributed by atoms with Crippen molar-refractivity contribution in [1.82, 2.24) is 0 Å². The van der Waals surface area contributed by atoms with E-state index < -0.39 is 6.10 Å². The molecule has 1 amide bonds. The summed E-state index contributed by atoms with van der Waals surface area (Å²) < 4.78 is 12.0. The highest BCUT2D eigenvalue weighted by atomic mass is 127. The number of amides is 1. The molecule has 2 rings (SSSR count). The van der Waals surface area contributed by atoms with E-state index >= 15 is 0 Å². The molecule has 0 unspecified atom stereocenters. The van der Waals surface area contributed by atoms with Gasteiger partial charge in [0.15, 0.2) is 23.4 Å². The van der Waals surface area contributed by atoms with E-state index in [-0.39, 0.29) is 11.7 Å². The summed E-state index contributed by atoms with van der Waals surface area (Å²) in [7, 11) is 1.49. The van der Waals surface area contributed by atoms with Gasteiger partial charge in [0.25, 0.3) is 5.91 Å². The summed E-state index contributed by atoms with van der Waals surface area (Å²) in [5.74, 6) is 0.489. The number of carbonyl (C=O) groups excluding carboxylic acids is 2. The molecule has 0 aliphatic rings. The Morgan fingerprint density at radius 1 is 1.12 bits per heavy atom. The minimum absolute atomic E-state index is 0.0654. The lowest BCUT2D eigenvalue weighted by Gasteiger charge is -2.17. The van der Waals surface area contributed by atoms with Gasteiger partial charge in [0.05, 0.1) is 7.11 Å². The van der Waals surface area contributed by atoms with E-state index in [4.69, 9.17) is 9.47 Å². The third-order valence-electron chi connectivity index (χ3n) is 3.34. The van der Waals surface area contributed by atoms with Gasteiger partial charge >= 0.3 is 0 Å². The average molecular weight is 439 g/mol. The highest BCUT2D eigenvalue weighted by Gasteiger charge is 2.18. The van der Waals surface area contributed by atoms with E-state index in [0.29, 0.717) is 22.7 Å². The summed E-state index contributed by atoms with van der Waals surface area (Å²) in [5, 5.41) is 2.81. The van der Waals surface area contributed by atoms with Gasteiger partial charge in [-0.25, -0.2) is 0 Å². The van der Waals surface area contributed by atoms with Crippen LogP contribution in [0.1, 0.15) is 24.2 Å². The van der Waals surface area contributed by atoms with Crippen molar-refractivity contribution in [1.29, 1.82) is 0 Å². The minimum atomic E-state index is -0.722. The number of hydrogen-bond donors (Lipinski definition) is 1. The van der Waals surface area contributed by atoms with Gasteiger partial charge in [0, 0.05) is 14.8 Å². The second-order valence-corrected chi connectivity index (χ2v) is 6.43.